The second kappa shape index (κ2) is 6.18. The van der Waals surface area contributed by atoms with Crippen molar-refractivity contribution in [3.63, 3.8) is 0 Å². The Bertz CT molecular complexity index is 252. The Morgan fingerprint density at radius 2 is 1.83 bits per heavy atom. The van der Waals surface area contributed by atoms with Crippen molar-refractivity contribution in [2.45, 2.75) is 44.4 Å². The van der Waals surface area contributed by atoms with Gasteiger partial charge in [0.15, 0.2) is 0 Å². The molecule has 18 heavy (non-hydrogen) atoms. The van der Waals surface area contributed by atoms with Crippen molar-refractivity contribution in [2.24, 2.45) is 5.84 Å². The quantitative estimate of drug-likeness (QED) is 0.583. The highest BCUT2D eigenvalue weighted by molar-refractivity contribution is 4.93. The first-order valence-corrected chi connectivity index (χ1v) is 6.13. The maximum atomic E-state index is 12.3. The Kier molecular flexibility index (Phi) is 5.39. The van der Waals surface area contributed by atoms with Gasteiger partial charge in [-0.15, -0.1) is 0 Å². The summed E-state index contributed by atoms with van der Waals surface area (Å²) in [6.45, 7) is 6.49. The number of ether oxygens (including phenoxy) is 1. The van der Waals surface area contributed by atoms with Crippen LogP contribution in [-0.2, 0) is 4.74 Å². The van der Waals surface area contributed by atoms with Crippen LogP contribution in [0.15, 0.2) is 0 Å². The van der Waals surface area contributed by atoms with Crippen molar-refractivity contribution < 1.29 is 17.9 Å². The fourth-order valence-corrected chi connectivity index (χ4v) is 2.31. The minimum Gasteiger partial charge on any atom is -0.379 e. The standard InChI is InChI=1S/C11H22F3N3O/c1-10(2,17-5-7-18-8-6-17)9(16-15)3-4-11(12,13)14/h9,16H,3-8,15H2,1-2H3. The number of hydrazine groups is 1. The van der Waals surface area contributed by atoms with Gasteiger partial charge in [0.25, 0.3) is 0 Å². The number of hydrogen-bond acceptors (Lipinski definition) is 4. The van der Waals surface area contributed by atoms with E-state index in [-0.39, 0.29) is 6.42 Å². The maximum Gasteiger partial charge on any atom is 0.389 e. The molecule has 4 nitrogen and oxygen atoms in total. The van der Waals surface area contributed by atoms with Crippen LogP contribution in [0, 0.1) is 0 Å². The Morgan fingerprint density at radius 1 is 1.28 bits per heavy atom. The number of hydrogen-bond donors (Lipinski definition) is 2. The Morgan fingerprint density at radius 3 is 2.28 bits per heavy atom. The van der Waals surface area contributed by atoms with Crippen molar-refractivity contribution in [2.75, 3.05) is 26.3 Å². The summed E-state index contributed by atoms with van der Waals surface area (Å²) < 4.78 is 42.1. The van der Waals surface area contributed by atoms with Gasteiger partial charge in [0.1, 0.15) is 0 Å². The van der Waals surface area contributed by atoms with Gasteiger partial charge in [-0.2, -0.15) is 13.2 Å². The summed E-state index contributed by atoms with van der Waals surface area (Å²) in [5, 5.41) is 0. The highest BCUT2D eigenvalue weighted by atomic mass is 19.4. The highest BCUT2D eigenvalue weighted by Crippen LogP contribution is 2.28. The molecular formula is C11H22F3N3O. The third kappa shape index (κ3) is 4.38. The molecule has 3 N–H and O–H groups in total. The Balaban J connectivity index is 2.60. The first-order chi connectivity index (χ1) is 8.27. The van der Waals surface area contributed by atoms with Gasteiger partial charge in [0.2, 0.25) is 0 Å². The molecule has 108 valence electrons. The lowest BCUT2D eigenvalue weighted by molar-refractivity contribution is -0.139. The summed E-state index contributed by atoms with van der Waals surface area (Å²) in [4.78, 5) is 2.12. The maximum absolute atomic E-state index is 12.3. The summed E-state index contributed by atoms with van der Waals surface area (Å²) in [6.07, 6.45) is -4.99. The lowest BCUT2D eigenvalue weighted by Crippen LogP contribution is -2.61. The number of nitrogens with two attached hydrogens (primary N) is 1. The predicted octanol–water partition coefficient (Wildman–Crippen LogP) is 1.27. The van der Waals surface area contributed by atoms with Gasteiger partial charge in [-0.3, -0.25) is 16.2 Å². The Hall–Kier alpha value is -0.370. The number of alkyl halides is 3. The number of nitrogens with one attached hydrogen (secondary N) is 1. The largest absolute Gasteiger partial charge is 0.389 e. The number of morpholine rings is 1. The summed E-state index contributed by atoms with van der Waals surface area (Å²) >= 11 is 0. The molecule has 0 amide bonds. The van der Waals surface area contributed by atoms with E-state index in [4.69, 9.17) is 10.6 Å². The molecule has 0 aromatic heterocycles. The molecule has 0 radical (unpaired) electrons. The van der Waals surface area contributed by atoms with Crippen LogP contribution in [-0.4, -0.2) is 49.0 Å². The molecule has 0 aromatic carbocycles. The van der Waals surface area contributed by atoms with Gasteiger partial charge in [0.05, 0.1) is 13.2 Å². The molecule has 0 aliphatic carbocycles. The van der Waals surface area contributed by atoms with Gasteiger partial charge >= 0.3 is 6.18 Å². The zero-order valence-corrected chi connectivity index (χ0v) is 10.9. The fraction of sp³-hybridized carbons (Fsp3) is 1.00. The third-order valence-electron chi connectivity index (χ3n) is 3.60. The molecule has 1 rings (SSSR count). The van der Waals surface area contributed by atoms with Crippen molar-refractivity contribution >= 4 is 0 Å². The smallest absolute Gasteiger partial charge is 0.379 e. The van der Waals surface area contributed by atoms with E-state index in [1.54, 1.807) is 0 Å². The van der Waals surface area contributed by atoms with Crippen molar-refractivity contribution in [1.29, 1.82) is 0 Å². The molecule has 1 heterocycles. The number of halogens is 3. The summed E-state index contributed by atoms with van der Waals surface area (Å²) in [5.41, 5.74) is 2.10. The van der Waals surface area contributed by atoms with E-state index in [9.17, 15) is 13.2 Å². The van der Waals surface area contributed by atoms with E-state index >= 15 is 0 Å². The van der Waals surface area contributed by atoms with Crippen molar-refractivity contribution in [1.82, 2.24) is 10.3 Å². The topological polar surface area (TPSA) is 50.5 Å². The molecule has 1 aliphatic rings. The van der Waals surface area contributed by atoms with Gasteiger partial charge in [-0.1, -0.05) is 0 Å². The lowest BCUT2D eigenvalue weighted by Gasteiger charge is -2.45. The molecule has 0 spiro atoms. The zero-order valence-electron chi connectivity index (χ0n) is 10.9. The monoisotopic (exact) mass is 269 g/mol. The second-order valence-electron chi connectivity index (χ2n) is 5.13. The van der Waals surface area contributed by atoms with Gasteiger partial charge in [-0.25, -0.2) is 0 Å². The van der Waals surface area contributed by atoms with E-state index in [1.807, 2.05) is 13.8 Å². The van der Waals surface area contributed by atoms with Gasteiger partial charge in [-0.05, 0) is 20.3 Å². The molecular weight excluding hydrogens is 247 g/mol. The minimum atomic E-state index is -4.14. The molecule has 1 fully saturated rings. The second-order valence-corrected chi connectivity index (χ2v) is 5.13. The Labute approximate surface area is 106 Å². The van der Waals surface area contributed by atoms with Crippen LogP contribution in [0.1, 0.15) is 26.7 Å². The SMILES string of the molecule is CC(C)(C(CCC(F)(F)F)NN)N1CCOCC1. The van der Waals surface area contributed by atoms with Crippen LogP contribution in [0.25, 0.3) is 0 Å². The summed E-state index contributed by atoms with van der Waals surface area (Å²) in [7, 11) is 0. The van der Waals surface area contributed by atoms with E-state index in [0.717, 1.165) is 13.1 Å². The first-order valence-electron chi connectivity index (χ1n) is 6.13. The third-order valence-corrected chi connectivity index (χ3v) is 3.60. The first kappa shape index (κ1) is 15.7. The van der Waals surface area contributed by atoms with Crippen molar-refractivity contribution in [3.8, 4) is 0 Å². The summed E-state index contributed by atoms with van der Waals surface area (Å²) in [5.74, 6) is 5.42. The molecule has 1 aliphatic heterocycles. The van der Waals surface area contributed by atoms with Crippen LogP contribution in [0.5, 0.6) is 0 Å². The van der Waals surface area contributed by atoms with Crippen LogP contribution in [0.3, 0.4) is 0 Å². The van der Waals surface area contributed by atoms with Crippen molar-refractivity contribution in [3.05, 3.63) is 0 Å². The van der Waals surface area contributed by atoms with Crippen LogP contribution in [0.4, 0.5) is 13.2 Å². The fourth-order valence-electron chi connectivity index (χ4n) is 2.31. The number of nitrogens with zero attached hydrogens (tertiary/aromatic N) is 1. The minimum absolute atomic E-state index is 0.0235. The molecule has 1 unspecified atom stereocenters. The van der Waals surface area contributed by atoms with Crippen LogP contribution < -0.4 is 11.3 Å². The van der Waals surface area contributed by atoms with E-state index in [0.29, 0.717) is 13.2 Å². The van der Waals surface area contributed by atoms with Crippen LogP contribution in [0.2, 0.25) is 0 Å². The average molecular weight is 269 g/mol. The molecule has 0 saturated carbocycles. The van der Waals surface area contributed by atoms with E-state index in [2.05, 4.69) is 10.3 Å². The van der Waals surface area contributed by atoms with E-state index in [1.165, 1.54) is 0 Å². The molecule has 0 aromatic rings. The summed E-state index contributed by atoms with van der Waals surface area (Å²) in [6, 6.07) is -0.405. The highest BCUT2D eigenvalue weighted by Gasteiger charge is 2.38. The molecule has 1 saturated heterocycles. The molecule has 1 atom stereocenters. The molecule has 0 bridgehead atoms. The van der Waals surface area contributed by atoms with Gasteiger partial charge in [0, 0.05) is 31.1 Å². The predicted molar refractivity (Wildman–Crippen MR) is 62.9 cm³/mol. The zero-order chi connectivity index (χ0) is 13.8. The lowest BCUT2D eigenvalue weighted by atomic mass is 9.89. The van der Waals surface area contributed by atoms with E-state index < -0.39 is 24.2 Å². The normalized spacial score (nSPS) is 21.0. The number of rotatable bonds is 5. The van der Waals surface area contributed by atoms with Gasteiger partial charge < -0.3 is 4.74 Å². The molecule has 7 heteroatoms. The average Bonchev–Trinajstić information content (AvgIpc) is 2.29. The van der Waals surface area contributed by atoms with Crippen LogP contribution >= 0.6 is 0 Å².